The van der Waals surface area contributed by atoms with Crippen molar-refractivity contribution in [2.75, 3.05) is 25.7 Å². The fourth-order valence-corrected chi connectivity index (χ4v) is 3.29. The second kappa shape index (κ2) is 10.0. The van der Waals surface area contributed by atoms with Gasteiger partial charge in [0.1, 0.15) is 5.57 Å². The van der Waals surface area contributed by atoms with Crippen LogP contribution in [-0.4, -0.2) is 55.7 Å². The van der Waals surface area contributed by atoms with Crippen molar-refractivity contribution < 1.29 is 43.3 Å². The number of barbiturate groups is 1. The standard InChI is InChI=1S/C22H17ClN2O9/c1-32-16-9-11(8-15(23)18(16)34-10-17(26)27)7-14-19(28)24-22(31)25(20(14)29)13-5-3-12(4-6-13)21(30)33-2/h3-9H,10H2,1-2H3,(H,26,27)(H,24,28,31). The second-order valence-corrected chi connectivity index (χ2v) is 7.12. The molecule has 1 saturated heterocycles. The van der Waals surface area contributed by atoms with Crippen LogP contribution in [0.1, 0.15) is 15.9 Å². The highest BCUT2D eigenvalue weighted by molar-refractivity contribution is 6.39. The van der Waals surface area contributed by atoms with Crippen molar-refractivity contribution in [3.05, 3.63) is 58.1 Å². The van der Waals surface area contributed by atoms with E-state index in [4.69, 9.17) is 26.2 Å². The zero-order valence-corrected chi connectivity index (χ0v) is 18.5. The monoisotopic (exact) mass is 488 g/mol. The van der Waals surface area contributed by atoms with Gasteiger partial charge in [0.2, 0.25) is 0 Å². The van der Waals surface area contributed by atoms with Gasteiger partial charge in [-0.3, -0.25) is 14.9 Å². The summed E-state index contributed by atoms with van der Waals surface area (Å²) in [6, 6.07) is 7.18. The minimum atomic E-state index is -1.22. The molecule has 1 aliphatic heterocycles. The van der Waals surface area contributed by atoms with Crippen LogP contribution in [0.2, 0.25) is 5.02 Å². The van der Waals surface area contributed by atoms with E-state index in [1.165, 1.54) is 56.7 Å². The summed E-state index contributed by atoms with van der Waals surface area (Å²) in [7, 11) is 2.51. The highest BCUT2D eigenvalue weighted by Crippen LogP contribution is 2.37. The van der Waals surface area contributed by atoms with Gasteiger partial charge in [-0.25, -0.2) is 19.3 Å². The number of carbonyl (C=O) groups is 5. The van der Waals surface area contributed by atoms with Gasteiger partial charge < -0.3 is 19.3 Å². The molecule has 0 atom stereocenters. The molecule has 4 amide bonds. The Bertz CT molecular complexity index is 1220. The number of benzene rings is 2. The molecule has 0 aromatic heterocycles. The number of methoxy groups -OCH3 is 2. The number of carboxylic acid groups (broad SMARTS) is 1. The van der Waals surface area contributed by atoms with E-state index < -0.39 is 36.4 Å². The zero-order valence-electron chi connectivity index (χ0n) is 17.8. The first-order valence-corrected chi connectivity index (χ1v) is 9.86. The summed E-state index contributed by atoms with van der Waals surface area (Å²) in [5.41, 5.74) is 0.184. The molecule has 2 N–H and O–H groups in total. The Labute approximate surface area is 197 Å². The molecule has 12 heteroatoms. The van der Waals surface area contributed by atoms with E-state index in [1.54, 1.807) is 0 Å². The van der Waals surface area contributed by atoms with Gasteiger partial charge in [0, 0.05) is 0 Å². The summed E-state index contributed by atoms with van der Waals surface area (Å²) in [4.78, 5) is 60.9. The van der Waals surface area contributed by atoms with Crippen LogP contribution in [0.3, 0.4) is 0 Å². The van der Waals surface area contributed by atoms with Crippen molar-refractivity contribution in [2.45, 2.75) is 0 Å². The number of nitrogens with one attached hydrogen (secondary N) is 1. The lowest BCUT2D eigenvalue weighted by atomic mass is 10.1. The predicted molar refractivity (Wildman–Crippen MR) is 118 cm³/mol. The molecule has 34 heavy (non-hydrogen) atoms. The number of hydrogen-bond acceptors (Lipinski definition) is 8. The van der Waals surface area contributed by atoms with E-state index in [0.29, 0.717) is 0 Å². The number of halogens is 1. The molecule has 3 rings (SSSR count). The molecule has 0 spiro atoms. The number of carbonyl (C=O) groups excluding carboxylic acids is 4. The van der Waals surface area contributed by atoms with E-state index in [9.17, 15) is 24.0 Å². The second-order valence-electron chi connectivity index (χ2n) is 6.71. The summed E-state index contributed by atoms with van der Waals surface area (Å²) in [5, 5.41) is 10.9. The molecule has 0 aliphatic carbocycles. The number of urea groups is 1. The third-order valence-corrected chi connectivity index (χ3v) is 4.83. The number of ether oxygens (including phenoxy) is 3. The lowest BCUT2D eigenvalue weighted by molar-refractivity contribution is -0.139. The Hall–Kier alpha value is -4.38. The largest absolute Gasteiger partial charge is 0.493 e. The van der Waals surface area contributed by atoms with Crippen molar-refractivity contribution in [3.8, 4) is 11.5 Å². The van der Waals surface area contributed by atoms with Gasteiger partial charge in [0.05, 0.1) is 30.5 Å². The molecular weight excluding hydrogens is 472 g/mol. The first-order chi connectivity index (χ1) is 16.2. The van der Waals surface area contributed by atoms with Gasteiger partial charge in [-0.15, -0.1) is 0 Å². The van der Waals surface area contributed by atoms with Crippen molar-refractivity contribution in [3.63, 3.8) is 0 Å². The minimum Gasteiger partial charge on any atom is -0.493 e. The number of amides is 4. The molecule has 1 fully saturated rings. The quantitative estimate of drug-likeness (QED) is 0.340. The van der Waals surface area contributed by atoms with Crippen LogP contribution in [0, 0.1) is 0 Å². The van der Waals surface area contributed by atoms with Crippen LogP contribution < -0.4 is 19.7 Å². The molecule has 0 saturated carbocycles. The third kappa shape index (κ3) is 4.99. The normalized spacial score (nSPS) is 14.6. The highest BCUT2D eigenvalue weighted by Gasteiger charge is 2.37. The van der Waals surface area contributed by atoms with Crippen molar-refractivity contribution >= 4 is 53.1 Å². The van der Waals surface area contributed by atoms with Crippen LogP contribution in [0.5, 0.6) is 11.5 Å². The van der Waals surface area contributed by atoms with Gasteiger partial charge in [-0.05, 0) is 48.0 Å². The number of nitrogens with zero attached hydrogens (tertiary/aromatic N) is 1. The number of carboxylic acids is 1. The number of imide groups is 2. The summed E-state index contributed by atoms with van der Waals surface area (Å²) >= 11 is 6.17. The summed E-state index contributed by atoms with van der Waals surface area (Å²) in [6.45, 7) is -0.663. The Morgan fingerprint density at radius 1 is 1.12 bits per heavy atom. The third-order valence-electron chi connectivity index (χ3n) is 4.55. The van der Waals surface area contributed by atoms with Crippen molar-refractivity contribution in [2.24, 2.45) is 0 Å². The molecule has 1 aliphatic rings. The molecule has 2 aromatic carbocycles. The lowest BCUT2D eigenvalue weighted by Gasteiger charge is -2.26. The average molecular weight is 489 g/mol. The maximum Gasteiger partial charge on any atom is 0.341 e. The van der Waals surface area contributed by atoms with E-state index in [-0.39, 0.29) is 38.9 Å². The summed E-state index contributed by atoms with van der Waals surface area (Å²) in [6.07, 6.45) is 1.19. The van der Waals surface area contributed by atoms with Crippen LogP contribution in [0.25, 0.3) is 6.08 Å². The van der Waals surface area contributed by atoms with Crippen molar-refractivity contribution in [1.29, 1.82) is 0 Å². The zero-order chi connectivity index (χ0) is 25.0. The molecule has 2 aromatic rings. The number of hydrogen-bond donors (Lipinski definition) is 2. The van der Waals surface area contributed by atoms with E-state index in [0.717, 1.165) is 4.90 Å². The summed E-state index contributed by atoms with van der Waals surface area (Å²) < 4.78 is 14.9. The van der Waals surface area contributed by atoms with E-state index in [1.807, 2.05) is 0 Å². The van der Waals surface area contributed by atoms with Crippen LogP contribution in [0.4, 0.5) is 10.5 Å². The Morgan fingerprint density at radius 2 is 1.79 bits per heavy atom. The van der Waals surface area contributed by atoms with Crippen LogP contribution in [0.15, 0.2) is 42.0 Å². The molecule has 1 heterocycles. The van der Waals surface area contributed by atoms with Crippen LogP contribution in [-0.2, 0) is 19.1 Å². The Balaban J connectivity index is 1.96. The minimum absolute atomic E-state index is 0.0255. The predicted octanol–water partition coefficient (Wildman–Crippen LogP) is 2.27. The lowest BCUT2D eigenvalue weighted by Crippen LogP contribution is -2.54. The molecule has 11 nitrogen and oxygen atoms in total. The maximum atomic E-state index is 13.0. The van der Waals surface area contributed by atoms with Gasteiger partial charge in [-0.2, -0.15) is 0 Å². The van der Waals surface area contributed by atoms with Crippen LogP contribution >= 0.6 is 11.6 Å². The topological polar surface area (TPSA) is 149 Å². The Kier molecular flexibility index (Phi) is 7.17. The summed E-state index contributed by atoms with van der Waals surface area (Å²) in [5.74, 6) is -3.64. The van der Waals surface area contributed by atoms with Gasteiger partial charge >= 0.3 is 18.0 Å². The molecule has 0 unspecified atom stereocenters. The fraction of sp³-hybridized carbons (Fsp3) is 0.136. The molecular formula is C22H17ClN2O9. The van der Waals surface area contributed by atoms with E-state index >= 15 is 0 Å². The maximum absolute atomic E-state index is 13.0. The first kappa shape index (κ1) is 24.3. The van der Waals surface area contributed by atoms with Gasteiger partial charge in [0.25, 0.3) is 11.8 Å². The average Bonchev–Trinajstić information content (AvgIpc) is 2.80. The van der Waals surface area contributed by atoms with Gasteiger partial charge in [-0.1, -0.05) is 11.6 Å². The highest BCUT2D eigenvalue weighted by atomic mass is 35.5. The fourth-order valence-electron chi connectivity index (χ4n) is 3.02. The molecule has 176 valence electrons. The van der Waals surface area contributed by atoms with E-state index in [2.05, 4.69) is 10.1 Å². The molecule has 0 radical (unpaired) electrons. The number of aliphatic carboxylic acids is 1. The first-order valence-electron chi connectivity index (χ1n) is 9.48. The molecule has 0 bridgehead atoms. The smallest absolute Gasteiger partial charge is 0.341 e. The Morgan fingerprint density at radius 3 is 2.38 bits per heavy atom. The number of rotatable bonds is 7. The van der Waals surface area contributed by atoms with Gasteiger partial charge in [0.15, 0.2) is 18.1 Å². The van der Waals surface area contributed by atoms with Crippen molar-refractivity contribution in [1.82, 2.24) is 5.32 Å². The SMILES string of the molecule is COC(=O)c1ccc(N2C(=O)NC(=O)C(=Cc3cc(Cl)c(OCC(=O)O)c(OC)c3)C2=O)cc1. The number of anilines is 1. The number of esters is 1.